The number of nitriles is 1. The standard InChI is InChI=1S/C16H13N3O/c1-10-6-7-20-15(10)16-18-13-8-11(9-17)2-5-14(13)19(16)12-3-4-12/h2,5-8,12H,3-4H2,1H3. The SMILES string of the molecule is Cc1ccoc1-c1nc2cc(C#N)ccc2n1C1CC1. The highest BCUT2D eigenvalue weighted by molar-refractivity contribution is 5.82. The van der Waals surface area contributed by atoms with Crippen LogP contribution >= 0.6 is 0 Å². The zero-order chi connectivity index (χ0) is 13.7. The first kappa shape index (κ1) is 11.3. The molecule has 4 rings (SSSR count). The second kappa shape index (κ2) is 3.97. The lowest BCUT2D eigenvalue weighted by molar-refractivity contribution is 0.569. The molecule has 0 spiro atoms. The number of nitrogens with zero attached hydrogens (tertiary/aromatic N) is 3. The Labute approximate surface area is 116 Å². The molecule has 0 bridgehead atoms. The molecule has 1 saturated carbocycles. The number of fused-ring (bicyclic) bond motifs is 1. The molecule has 1 aliphatic rings. The molecule has 0 radical (unpaired) electrons. The van der Waals surface area contributed by atoms with Crippen LogP contribution in [0, 0.1) is 18.3 Å². The molecule has 4 nitrogen and oxygen atoms in total. The zero-order valence-corrected chi connectivity index (χ0v) is 11.1. The van der Waals surface area contributed by atoms with E-state index in [4.69, 9.17) is 14.7 Å². The number of hydrogen-bond acceptors (Lipinski definition) is 3. The Hall–Kier alpha value is -2.54. The van der Waals surface area contributed by atoms with E-state index in [9.17, 15) is 0 Å². The van der Waals surface area contributed by atoms with Gasteiger partial charge in [-0.05, 0) is 49.6 Å². The average Bonchev–Trinajstić information content (AvgIpc) is 3.10. The van der Waals surface area contributed by atoms with Crippen molar-refractivity contribution in [2.24, 2.45) is 0 Å². The van der Waals surface area contributed by atoms with Gasteiger partial charge in [-0.15, -0.1) is 0 Å². The summed E-state index contributed by atoms with van der Waals surface area (Å²) >= 11 is 0. The maximum absolute atomic E-state index is 9.02. The molecule has 1 aromatic carbocycles. The smallest absolute Gasteiger partial charge is 0.177 e. The first-order valence-corrected chi connectivity index (χ1v) is 6.74. The highest BCUT2D eigenvalue weighted by Gasteiger charge is 2.30. The van der Waals surface area contributed by atoms with Gasteiger partial charge in [0.05, 0.1) is 28.9 Å². The van der Waals surface area contributed by atoms with E-state index in [0.29, 0.717) is 11.6 Å². The number of aryl methyl sites for hydroxylation is 1. The molecule has 20 heavy (non-hydrogen) atoms. The summed E-state index contributed by atoms with van der Waals surface area (Å²) in [6.45, 7) is 2.02. The summed E-state index contributed by atoms with van der Waals surface area (Å²) in [5.41, 5.74) is 3.67. The van der Waals surface area contributed by atoms with Crippen LogP contribution in [0.1, 0.15) is 30.0 Å². The molecule has 1 fully saturated rings. The summed E-state index contributed by atoms with van der Waals surface area (Å²) in [7, 11) is 0. The quantitative estimate of drug-likeness (QED) is 0.706. The topological polar surface area (TPSA) is 54.8 Å². The first-order valence-electron chi connectivity index (χ1n) is 6.74. The number of furan rings is 1. The molecular weight excluding hydrogens is 250 g/mol. The van der Waals surface area contributed by atoms with E-state index >= 15 is 0 Å². The molecule has 4 heteroatoms. The van der Waals surface area contributed by atoms with Crippen LogP contribution in [0.25, 0.3) is 22.6 Å². The van der Waals surface area contributed by atoms with Gasteiger partial charge in [0.2, 0.25) is 0 Å². The van der Waals surface area contributed by atoms with Crippen molar-refractivity contribution in [1.82, 2.24) is 9.55 Å². The van der Waals surface area contributed by atoms with Gasteiger partial charge in [-0.3, -0.25) is 0 Å². The fourth-order valence-electron chi connectivity index (χ4n) is 2.63. The fourth-order valence-corrected chi connectivity index (χ4v) is 2.63. The van der Waals surface area contributed by atoms with Crippen molar-refractivity contribution >= 4 is 11.0 Å². The van der Waals surface area contributed by atoms with Gasteiger partial charge >= 0.3 is 0 Å². The van der Waals surface area contributed by atoms with Crippen molar-refractivity contribution in [3.8, 4) is 17.7 Å². The average molecular weight is 263 g/mol. The number of rotatable bonds is 2. The lowest BCUT2D eigenvalue weighted by atomic mass is 10.2. The summed E-state index contributed by atoms with van der Waals surface area (Å²) in [4.78, 5) is 4.70. The van der Waals surface area contributed by atoms with E-state index in [1.807, 2.05) is 31.2 Å². The molecule has 98 valence electrons. The van der Waals surface area contributed by atoms with Crippen LogP contribution in [-0.4, -0.2) is 9.55 Å². The monoisotopic (exact) mass is 263 g/mol. The Bertz CT molecular complexity index is 846. The highest BCUT2D eigenvalue weighted by Crippen LogP contribution is 2.41. The maximum atomic E-state index is 9.02. The normalized spacial score (nSPS) is 14.6. The molecule has 0 aliphatic heterocycles. The van der Waals surface area contributed by atoms with E-state index in [0.717, 1.165) is 28.2 Å². The molecule has 0 unspecified atom stereocenters. The Kier molecular flexibility index (Phi) is 2.25. The number of imidazole rings is 1. The molecular formula is C16H13N3O. The lowest BCUT2D eigenvalue weighted by Gasteiger charge is -2.06. The third-order valence-electron chi connectivity index (χ3n) is 3.80. The highest BCUT2D eigenvalue weighted by atomic mass is 16.3. The third-order valence-corrected chi connectivity index (χ3v) is 3.80. The summed E-state index contributed by atoms with van der Waals surface area (Å²) in [6, 6.07) is 10.3. The maximum Gasteiger partial charge on any atom is 0.177 e. The van der Waals surface area contributed by atoms with E-state index < -0.39 is 0 Å². The molecule has 0 amide bonds. The number of hydrogen-bond donors (Lipinski definition) is 0. The van der Waals surface area contributed by atoms with Gasteiger partial charge in [0, 0.05) is 6.04 Å². The molecule has 0 N–H and O–H groups in total. The van der Waals surface area contributed by atoms with Gasteiger partial charge in [0.1, 0.15) is 0 Å². The fraction of sp³-hybridized carbons (Fsp3) is 0.250. The van der Waals surface area contributed by atoms with Crippen LogP contribution in [0.2, 0.25) is 0 Å². The second-order valence-electron chi connectivity index (χ2n) is 5.28. The number of aromatic nitrogens is 2. The summed E-state index contributed by atoms with van der Waals surface area (Å²) < 4.78 is 7.86. The second-order valence-corrected chi connectivity index (χ2v) is 5.28. The Morgan fingerprint density at radius 1 is 1.35 bits per heavy atom. The van der Waals surface area contributed by atoms with Crippen molar-refractivity contribution in [2.45, 2.75) is 25.8 Å². The lowest BCUT2D eigenvalue weighted by Crippen LogP contribution is -1.97. The summed E-state index contributed by atoms with van der Waals surface area (Å²) in [5.74, 6) is 1.70. The van der Waals surface area contributed by atoms with Crippen molar-refractivity contribution < 1.29 is 4.42 Å². The molecule has 0 atom stereocenters. The minimum atomic E-state index is 0.507. The molecule has 0 saturated heterocycles. The van der Waals surface area contributed by atoms with Crippen molar-refractivity contribution in [2.75, 3.05) is 0 Å². The largest absolute Gasteiger partial charge is 0.461 e. The zero-order valence-electron chi connectivity index (χ0n) is 11.1. The van der Waals surface area contributed by atoms with Crippen molar-refractivity contribution in [3.63, 3.8) is 0 Å². The summed E-state index contributed by atoms with van der Waals surface area (Å²) in [6.07, 6.45) is 4.05. The van der Waals surface area contributed by atoms with Crippen LogP contribution in [0.15, 0.2) is 34.9 Å². The van der Waals surface area contributed by atoms with Crippen molar-refractivity contribution in [1.29, 1.82) is 5.26 Å². The summed E-state index contributed by atoms with van der Waals surface area (Å²) in [5, 5.41) is 9.02. The van der Waals surface area contributed by atoms with Crippen LogP contribution in [-0.2, 0) is 0 Å². The van der Waals surface area contributed by atoms with Crippen LogP contribution in [0.3, 0.4) is 0 Å². The first-order chi connectivity index (χ1) is 9.78. The van der Waals surface area contributed by atoms with Gasteiger partial charge in [0.25, 0.3) is 0 Å². The molecule has 3 aromatic rings. The van der Waals surface area contributed by atoms with E-state index in [-0.39, 0.29) is 0 Å². The Morgan fingerprint density at radius 3 is 2.85 bits per heavy atom. The molecule has 2 aromatic heterocycles. The van der Waals surface area contributed by atoms with Crippen molar-refractivity contribution in [3.05, 3.63) is 41.7 Å². The Balaban J connectivity index is 2.03. The van der Waals surface area contributed by atoms with E-state index in [1.165, 1.54) is 12.8 Å². The van der Waals surface area contributed by atoms with Gasteiger partial charge in [-0.1, -0.05) is 0 Å². The third kappa shape index (κ3) is 1.56. The van der Waals surface area contributed by atoms with Gasteiger partial charge < -0.3 is 8.98 Å². The predicted octanol–water partition coefficient (Wildman–Crippen LogP) is 3.81. The molecule has 1 aliphatic carbocycles. The molecule has 2 heterocycles. The van der Waals surface area contributed by atoms with Crippen LogP contribution in [0.4, 0.5) is 0 Å². The van der Waals surface area contributed by atoms with Gasteiger partial charge in [-0.2, -0.15) is 5.26 Å². The minimum absolute atomic E-state index is 0.507. The van der Waals surface area contributed by atoms with Gasteiger partial charge in [-0.25, -0.2) is 4.98 Å². The Morgan fingerprint density at radius 2 is 2.20 bits per heavy atom. The van der Waals surface area contributed by atoms with Crippen LogP contribution in [0.5, 0.6) is 0 Å². The van der Waals surface area contributed by atoms with E-state index in [2.05, 4.69) is 10.6 Å². The van der Waals surface area contributed by atoms with E-state index in [1.54, 1.807) is 6.26 Å². The van der Waals surface area contributed by atoms with Gasteiger partial charge in [0.15, 0.2) is 11.6 Å². The van der Waals surface area contributed by atoms with Crippen LogP contribution < -0.4 is 0 Å². The predicted molar refractivity (Wildman–Crippen MR) is 75.2 cm³/mol. The minimum Gasteiger partial charge on any atom is -0.461 e. The number of benzene rings is 1.